The van der Waals surface area contributed by atoms with Gasteiger partial charge in [-0.3, -0.25) is 24.7 Å². The van der Waals surface area contributed by atoms with Gasteiger partial charge in [0.05, 0.1) is 24.1 Å². The number of esters is 1. The molecular weight excluding hydrogens is 412 g/mol. The molecule has 4 rings (SSSR count). The van der Waals surface area contributed by atoms with Gasteiger partial charge in [-0.25, -0.2) is 4.79 Å². The molecule has 1 amide bonds. The second kappa shape index (κ2) is 8.88. The number of H-pyrrole nitrogens is 3. The molecule has 0 aliphatic carbocycles. The summed E-state index contributed by atoms with van der Waals surface area (Å²) in [5.74, 6) is -0.861. The van der Waals surface area contributed by atoms with Crippen molar-refractivity contribution in [2.45, 2.75) is 25.8 Å². The minimum Gasteiger partial charge on any atom is -0.467 e. The molecular formula is C22H22N6O4. The number of nitrogens with zero attached hydrogens (tertiary/aromatic N) is 2. The standard InChI is InChI=1S/C22H22N6O4/c1-12(29)26-19(22(31)32-2)9-14-13-5-3-4-6-16(13)27-17(14)10-18-20(24-8-7-23-18)15-11-25-28-21(15)30/h3-8,11,19,27H,9-10H2,1-2H3,(H,26,29)(H2,25,28,30). The van der Waals surface area contributed by atoms with Gasteiger partial charge in [0.15, 0.2) is 0 Å². The van der Waals surface area contributed by atoms with E-state index in [9.17, 15) is 14.4 Å². The Balaban J connectivity index is 1.78. The molecule has 3 aromatic heterocycles. The van der Waals surface area contributed by atoms with Crippen LogP contribution in [-0.2, 0) is 27.2 Å². The van der Waals surface area contributed by atoms with Gasteiger partial charge in [0.2, 0.25) is 5.91 Å². The lowest BCUT2D eigenvalue weighted by Crippen LogP contribution is -2.42. The van der Waals surface area contributed by atoms with Crippen molar-refractivity contribution in [2.75, 3.05) is 7.11 Å². The Morgan fingerprint density at radius 1 is 1.19 bits per heavy atom. The predicted molar refractivity (Wildman–Crippen MR) is 117 cm³/mol. The zero-order valence-electron chi connectivity index (χ0n) is 17.6. The van der Waals surface area contributed by atoms with Crippen molar-refractivity contribution < 1.29 is 14.3 Å². The number of aromatic amines is 3. The number of benzene rings is 1. The lowest BCUT2D eigenvalue weighted by molar-refractivity contribution is -0.144. The number of hydrogen-bond acceptors (Lipinski definition) is 6. The van der Waals surface area contributed by atoms with Crippen LogP contribution in [0, 0.1) is 0 Å². The third-order valence-corrected chi connectivity index (χ3v) is 5.19. The number of para-hydroxylation sites is 1. The number of fused-ring (bicyclic) bond motifs is 1. The van der Waals surface area contributed by atoms with Crippen LogP contribution in [0.5, 0.6) is 0 Å². The zero-order chi connectivity index (χ0) is 22.7. The van der Waals surface area contributed by atoms with Crippen LogP contribution in [0.1, 0.15) is 23.9 Å². The monoisotopic (exact) mass is 434 g/mol. The molecule has 1 aromatic carbocycles. The minimum atomic E-state index is -0.843. The molecule has 0 saturated carbocycles. The van der Waals surface area contributed by atoms with Gasteiger partial charge in [0.25, 0.3) is 5.56 Å². The number of methoxy groups -OCH3 is 1. The Bertz CT molecular complexity index is 1340. The first-order valence-electron chi connectivity index (χ1n) is 9.97. The summed E-state index contributed by atoms with van der Waals surface area (Å²) in [6, 6.07) is 6.85. The maximum absolute atomic E-state index is 12.3. The Morgan fingerprint density at radius 3 is 2.69 bits per heavy atom. The van der Waals surface area contributed by atoms with Crippen LogP contribution in [0.25, 0.3) is 22.2 Å². The fourth-order valence-corrected chi connectivity index (χ4v) is 3.80. The summed E-state index contributed by atoms with van der Waals surface area (Å²) in [6.07, 6.45) is 5.21. The first kappa shape index (κ1) is 21.0. The van der Waals surface area contributed by atoms with Gasteiger partial charge in [-0.05, 0) is 11.6 Å². The summed E-state index contributed by atoms with van der Waals surface area (Å²) in [7, 11) is 1.29. The van der Waals surface area contributed by atoms with Crippen LogP contribution in [0.15, 0.2) is 47.7 Å². The van der Waals surface area contributed by atoms with E-state index in [0.29, 0.717) is 23.4 Å². The van der Waals surface area contributed by atoms with E-state index in [4.69, 9.17) is 4.74 Å². The van der Waals surface area contributed by atoms with E-state index in [1.54, 1.807) is 12.4 Å². The molecule has 0 saturated heterocycles. The maximum atomic E-state index is 12.3. The average Bonchev–Trinajstić information content (AvgIpc) is 3.36. The highest BCUT2D eigenvalue weighted by molar-refractivity contribution is 5.88. The van der Waals surface area contributed by atoms with Crippen molar-refractivity contribution >= 4 is 22.8 Å². The molecule has 0 bridgehead atoms. The highest BCUT2D eigenvalue weighted by Gasteiger charge is 2.25. The van der Waals surface area contributed by atoms with Crippen molar-refractivity contribution in [1.82, 2.24) is 30.5 Å². The smallest absolute Gasteiger partial charge is 0.328 e. The molecule has 3 heterocycles. The van der Waals surface area contributed by atoms with Gasteiger partial charge in [-0.2, -0.15) is 0 Å². The minimum absolute atomic E-state index is 0.228. The summed E-state index contributed by atoms with van der Waals surface area (Å²) >= 11 is 0. The lowest BCUT2D eigenvalue weighted by atomic mass is 9.99. The third kappa shape index (κ3) is 4.15. The van der Waals surface area contributed by atoms with E-state index < -0.39 is 12.0 Å². The first-order chi connectivity index (χ1) is 15.5. The number of rotatable bonds is 7. The first-order valence-corrected chi connectivity index (χ1v) is 9.97. The van der Waals surface area contributed by atoms with Gasteiger partial charge in [-0.1, -0.05) is 18.2 Å². The van der Waals surface area contributed by atoms with Crippen molar-refractivity contribution in [3.63, 3.8) is 0 Å². The average molecular weight is 434 g/mol. The molecule has 0 spiro atoms. The van der Waals surface area contributed by atoms with Crippen LogP contribution in [0.2, 0.25) is 0 Å². The number of nitrogens with one attached hydrogen (secondary N) is 4. The zero-order valence-corrected chi connectivity index (χ0v) is 17.6. The molecule has 4 aromatic rings. The predicted octanol–water partition coefficient (Wildman–Crippen LogP) is 1.45. The fourth-order valence-electron chi connectivity index (χ4n) is 3.80. The van der Waals surface area contributed by atoms with Crippen LogP contribution in [-0.4, -0.2) is 50.2 Å². The molecule has 0 aliphatic rings. The largest absolute Gasteiger partial charge is 0.467 e. The number of carbonyl (C=O) groups excluding carboxylic acids is 2. The van der Waals surface area contributed by atoms with Gasteiger partial charge in [-0.15, -0.1) is 0 Å². The lowest BCUT2D eigenvalue weighted by Gasteiger charge is -2.16. The van der Waals surface area contributed by atoms with Gasteiger partial charge < -0.3 is 20.1 Å². The summed E-state index contributed by atoms with van der Waals surface area (Å²) < 4.78 is 4.89. The Hall–Kier alpha value is -4.21. The quantitative estimate of drug-likeness (QED) is 0.324. The van der Waals surface area contributed by atoms with E-state index in [-0.39, 0.29) is 17.9 Å². The summed E-state index contributed by atoms with van der Waals surface area (Å²) in [6.45, 7) is 1.35. The summed E-state index contributed by atoms with van der Waals surface area (Å²) in [5.41, 5.74) is 3.69. The van der Waals surface area contributed by atoms with Crippen LogP contribution in [0.4, 0.5) is 0 Å². The van der Waals surface area contributed by atoms with Gasteiger partial charge in [0, 0.05) is 55.0 Å². The molecule has 164 valence electrons. The SMILES string of the molecule is COC(=O)C(Cc1c(Cc2nccnc2-c2c[nH][nH]c2=O)[nH]c2ccccc12)NC(C)=O. The van der Waals surface area contributed by atoms with E-state index >= 15 is 0 Å². The van der Waals surface area contributed by atoms with E-state index in [0.717, 1.165) is 22.2 Å². The molecule has 4 N–H and O–H groups in total. The fraction of sp³-hybridized carbons (Fsp3) is 0.227. The van der Waals surface area contributed by atoms with Crippen molar-refractivity contribution in [2.24, 2.45) is 0 Å². The number of hydrogen-bond donors (Lipinski definition) is 4. The van der Waals surface area contributed by atoms with Gasteiger partial charge >= 0.3 is 5.97 Å². The van der Waals surface area contributed by atoms with Crippen molar-refractivity contribution in [1.29, 1.82) is 0 Å². The third-order valence-electron chi connectivity index (χ3n) is 5.19. The number of aromatic nitrogens is 5. The number of carbonyl (C=O) groups is 2. The Labute approximate surface area is 182 Å². The molecule has 0 fully saturated rings. The molecule has 10 heteroatoms. The van der Waals surface area contributed by atoms with E-state index in [1.807, 2.05) is 24.3 Å². The van der Waals surface area contributed by atoms with E-state index in [1.165, 1.54) is 20.2 Å². The van der Waals surface area contributed by atoms with Gasteiger partial charge in [0.1, 0.15) is 6.04 Å². The molecule has 1 atom stereocenters. The van der Waals surface area contributed by atoms with Crippen LogP contribution in [0.3, 0.4) is 0 Å². The second-order valence-electron chi connectivity index (χ2n) is 7.29. The van der Waals surface area contributed by atoms with E-state index in [2.05, 4.69) is 30.5 Å². The highest BCUT2D eigenvalue weighted by Crippen LogP contribution is 2.27. The Morgan fingerprint density at radius 2 is 1.97 bits per heavy atom. The number of ether oxygens (including phenoxy) is 1. The molecule has 32 heavy (non-hydrogen) atoms. The van der Waals surface area contributed by atoms with Crippen LogP contribution < -0.4 is 10.9 Å². The summed E-state index contributed by atoms with van der Waals surface area (Å²) in [4.78, 5) is 48.3. The Kier molecular flexibility index (Phi) is 5.84. The maximum Gasteiger partial charge on any atom is 0.328 e. The topological polar surface area (TPSA) is 146 Å². The van der Waals surface area contributed by atoms with Crippen molar-refractivity contribution in [3.05, 3.63) is 70.2 Å². The molecule has 0 aliphatic heterocycles. The molecule has 0 radical (unpaired) electrons. The highest BCUT2D eigenvalue weighted by atomic mass is 16.5. The van der Waals surface area contributed by atoms with Crippen molar-refractivity contribution in [3.8, 4) is 11.3 Å². The summed E-state index contributed by atoms with van der Waals surface area (Å²) in [5, 5.41) is 8.77. The van der Waals surface area contributed by atoms with Crippen LogP contribution >= 0.6 is 0 Å². The molecule has 1 unspecified atom stereocenters. The normalized spacial score (nSPS) is 11.9. The molecule has 10 nitrogen and oxygen atoms in total. The number of amides is 1. The second-order valence-corrected chi connectivity index (χ2v) is 7.29.